The Morgan fingerprint density at radius 2 is 1.54 bits per heavy atom. The van der Waals surface area contributed by atoms with Crippen LogP contribution in [-0.2, 0) is 21.1 Å². The number of carbonyl (C=O) groups is 2. The predicted octanol–water partition coefficient (Wildman–Crippen LogP) is 3.19. The van der Waals surface area contributed by atoms with Crippen molar-refractivity contribution in [1.82, 2.24) is 5.32 Å². The first-order valence-corrected chi connectivity index (χ1v) is 10.7. The highest BCUT2D eigenvalue weighted by Gasteiger charge is 2.25. The third kappa shape index (κ3) is 5.42. The summed E-state index contributed by atoms with van der Waals surface area (Å²) in [5.74, 6) is -0.565. The van der Waals surface area contributed by atoms with E-state index in [1.807, 2.05) is 13.8 Å². The van der Waals surface area contributed by atoms with Gasteiger partial charge in [-0.2, -0.15) is 0 Å². The number of rotatable bonds is 7. The SMILES string of the molecule is CC(C)NC(=O)Cc1ccc(NC(=O)c2ccccc2S(=O)(=O)C(C)C)cc1. The van der Waals surface area contributed by atoms with Gasteiger partial charge < -0.3 is 10.6 Å². The Labute approximate surface area is 166 Å². The Hall–Kier alpha value is -2.67. The molecule has 150 valence electrons. The maximum atomic E-state index is 12.6. The van der Waals surface area contributed by atoms with Crippen LogP contribution in [-0.4, -0.2) is 31.5 Å². The molecule has 0 atom stereocenters. The summed E-state index contributed by atoms with van der Waals surface area (Å²) in [6.45, 7) is 6.96. The van der Waals surface area contributed by atoms with Crippen molar-refractivity contribution in [2.75, 3.05) is 5.32 Å². The van der Waals surface area contributed by atoms with E-state index in [1.54, 1.807) is 50.2 Å². The monoisotopic (exact) mass is 402 g/mol. The van der Waals surface area contributed by atoms with Crippen molar-refractivity contribution in [3.63, 3.8) is 0 Å². The fraction of sp³-hybridized carbons (Fsp3) is 0.333. The lowest BCUT2D eigenvalue weighted by Crippen LogP contribution is -2.31. The molecule has 0 aliphatic carbocycles. The van der Waals surface area contributed by atoms with Crippen LogP contribution in [0.5, 0.6) is 0 Å². The van der Waals surface area contributed by atoms with Crippen LogP contribution in [0.3, 0.4) is 0 Å². The lowest BCUT2D eigenvalue weighted by atomic mass is 10.1. The Kier molecular flexibility index (Phi) is 6.96. The summed E-state index contributed by atoms with van der Waals surface area (Å²) in [5.41, 5.74) is 1.45. The van der Waals surface area contributed by atoms with E-state index in [-0.39, 0.29) is 28.8 Å². The quantitative estimate of drug-likeness (QED) is 0.744. The van der Waals surface area contributed by atoms with Gasteiger partial charge in [0, 0.05) is 11.7 Å². The van der Waals surface area contributed by atoms with Gasteiger partial charge in [-0.15, -0.1) is 0 Å². The summed E-state index contributed by atoms with van der Waals surface area (Å²) in [5, 5.41) is 4.91. The third-order valence-corrected chi connectivity index (χ3v) is 6.30. The van der Waals surface area contributed by atoms with Gasteiger partial charge in [-0.25, -0.2) is 8.42 Å². The van der Waals surface area contributed by atoms with Gasteiger partial charge in [0.25, 0.3) is 5.91 Å². The molecule has 28 heavy (non-hydrogen) atoms. The van der Waals surface area contributed by atoms with Gasteiger partial charge >= 0.3 is 0 Å². The Balaban J connectivity index is 2.15. The van der Waals surface area contributed by atoms with Gasteiger partial charge in [0.2, 0.25) is 5.91 Å². The van der Waals surface area contributed by atoms with Crippen molar-refractivity contribution in [3.05, 3.63) is 59.7 Å². The minimum Gasteiger partial charge on any atom is -0.354 e. The number of anilines is 1. The molecule has 2 amide bonds. The molecule has 6 nitrogen and oxygen atoms in total. The van der Waals surface area contributed by atoms with Crippen LogP contribution in [0.1, 0.15) is 43.6 Å². The molecule has 0 saturated heterocycles. The molecule has 0 aliphatic rings. The van der Waals surface area contributed by atoms with Crippen molar-refractivity contribution < 1.29 is 18.0 Å². The molecule has 0 aliphatic heterocycles. The molecule has 2 rings (SSSR count). The molecule has 0 heterocycles. The largest absolute Gasteiger partial charge is 0.354 e. The molecule has 2 aromatic rings. The first kappa shape index (κ1) is 21.6. The van der Waals surface area contributed by atoms with E-state index in [2.05, 4.69) is 10.6 Å². The van der Waals surface area contributed by atoms with E-state index < -0.39 is 21.0 Å². The van der Waals surface area contributed by atoms with Gasteiger partial charge in [0.1, 0.15) is 0 Å². The first-order chi connectivity index (χ1) is 13.1. The molecular formula is C21H26N2O4S. The summed E-state index contributed by atoms with van der Waals surface area (Å²) < 4.78 is 25.0. The van der Waals surface area contributed by atoms with Crippen molar-refractivity contribution in [2.45, 2.75) is 50.3 Å². The second-order valence-electron chi connectivity index (χ2n) is 7.14. The number of sulfone groups is 1. The molecule has 7 heteroatoms. The van der Waals surface area contributed by atoms with Crippen LogP contribution in [0, 0.1) is 0 Å². The highest BCUT2D eigenvalue weighted by atomic mass is 32.2. The van der Waals surface area contributed by atoms with Crippen LogP contribution in [0.4, 0.5) is 5.69 Å². The molecule has 0 radical (unpaired) electrons. The normalized spacial score (nSPS) is 11.5. The van der Waals surface area contributed by atoms with Crippen molar-refractivity contribution >= 4 is 27.3 Å². The molecule has 0 fully saturated rings. The molecule has 0 spiro atoms. The Morgan fingerprint density at radius 1 is 0.929 bits per heavy atom. The number of carbonyl (C=O) groups excluding carboxylic acids is 2. The topological polar surface area (TPSA) is 92.3 Å². The minimum atomic E-state index is -3.58. The summed E-state index contributed by atoms with van der Waals surface area (Å²) in [7, 11) is -3.58. The van der Waals surface area contributed by atoms with Crippen molar-refractivity contribution in [3.8, 4) is 0 Å². The van der Waals surface area contributed by atoms with E-state index in [9.17, 15) is 18.0 Å². The number of nitrogens with one attached hydrogen (secondary N) is 2. The number of hydrogen-bond acceptors (Lipinski definition) is 4. The average Bonchev–Trinajstić information content (AvgIpc) is 2.62. The molecule has 0 saturated carbocycles. The summed E-state index contributed by atoms with van der Waals surface area (Å²) in [6, 6.07) is 13.1. The van der Waals surface area contributed by atoms with E-state index >= 15 is 0 Å². The second kappa shape index (κ2) is 9.01. The third-order valence-electron chi connectivity index (χ3n) is 4.08. The van der Waals surface area contributed by atoms with Crippen LogP contribution in [0.25, 0.3) is 0 Å². The maximum absolute atomic E-state index is 12.6. The summed E-state index contributed by atoms with van der Waals surface area (Å²) in [6.07, 6.45) is 0.252. The van der Waals surface area contributed by atoms with Crippen LogP contribution < -0.4 is 10.6 Å². The van der Waals surface area contributed by atoms with E-state index in [0.29, 0.717) is 5.69 Å². The van der Waals surface area contributed by atoms with Crippen LogP contribution in [0.15, 0.2) is 53.4 Å². The molecule has 0 bridgehead atoms. The van der Waals surface area contributed by atoms with E-state index in [4.69, 9.17) is 0 Å². The fourth-order valence-electron chi connectivity index (χ4n) is 2.62. The summed E-state index contributed by atoms with van der Waals surface area (Å²) >= 11 is 0. The number of benzene rings is 2. The fourth-order valence-corrected chi connectivity index (χ4v) is 3.86. The van der Waals surface area contributed by atoms with Gasteiger partial charge in [-0.1, -0.05) is 24.3 Å². The Bertz CT molecular complexity index is 949. The summed E-state index contributed by atoms with van der Waals surface area (Å²) in [4.78, 5) is 24.5. The zero-order chi connectivity index (χ0) is 20.9. The molecular weight excluding hydrogens is 376 g/mol. The Morgan fingerprint density at radius 3 is 2.11 bits per heavy atom. The van der Waals surface area contributed by atoms with Crippen LogP contribution >= 0.6 is 0 Å². The second-order valence-corrected chi connectivity index (χ2v) is 9.61. The van der Waals surface area contributed by atoms with Crippen molar-refractivity contribution in [2.24, 2.45) is 0 Å². The molecule has 2 N–H and O–H groups in total. The highest BCUT2D eigenvalue weighted by molar-refractivity contribution is 7.92. The van der Waals surface area contributed by atoms with Gasteiger partial charge in [-0.3, -0.25) is 9.59 Å². The van der Waals surface area contributed by atoms with Gasteiger partial charge in [-0.05, 0) is 57.5 Å². The lowest BCUT2D eigenvalue weighted by Gasteiger charge is -2.13. The average molecular weight is 403 g/mol. The minimum absolute atomic E-state index is 0.0180. The maximum Gasteiger partial charge on any atom is 0.256 e. The molecule has 2 aromatic carbocycles. The smallest absolute Gasteiger partial charge is 0.256 e. The first-order valence-electron chi connectivity index (χ1n) is 9.14. The molecule has 0 aromatic heterocycles. The predicted molar refractivity (Wildman–Crippen MR) is 110 cm³/mol. The van der Waals surface area contributed by atoms with Crippen LogP contribution in [0.2, 0.25) is 0 Å². The zero-order valence-corrected chi connectivity index (χ0v) is 17.3. The van der Waals surface area contributed by atoms with E-state index in [1.165, 1.54) is 12.1 Å². The highest BCUT2D eigenvalue weighted by Crippen LogP contribution is 2.22. The van der Waals surface area contributed by atoms with Gasteiger partial charge in [0.15, 0.2) is 9.84 Å². The molecule has 0 unspecified atom stereocenters. The number of hydrogen-bond donors (Lipinski definition) is 2. The zero-order valence-electron chi connectivity index (χ0n) is 16.5. The lowest BCUT2D eigenvalue weighted by molar-refractivity contribution is -0.120. The van der Waals surface area contributed by atoms with E-state index in [0.717, 1.165) is 5.56 Å². The number of amides is 2. The standard InChI is InChI=1S/C21H26N2O4S/c1-14(2)22-20(24)13-16-9-11-17(12-10-16)23-21(25)18-7-5-6-8-19(18)28(26,27)15(3)4/h5-12,14-15H,13H2,1-4H3,(H,22,24)(H,23,25). The van der Waals surface area contributed by atoms with Crippen molar-refractivity contribution in [1.29, 1.82) is 0 Å². The van der Waals surface area contributed by atoms with Gasteiger partial charge in [0.05, 0.1) is 22.1 Å².